The normalized spacial score (nSPS) is 11.1. The Labute approximate surface area is 115 Å². The zero-order valence-corrected chi connectivity index (χ0v) is 11.4. The third-order valence-electron chi connectivity index (χ3n) is 2.59. The Morgan fingerprint density at radius 3 is 2.85 bits per heavy atom. The van der Waals surface area contributed by atoms with E-state index in [9.17, 15) is 12.8 Å². The summed E-state index contributed by atoms with van der Waals surface area (Å²) in [6.07, 6.45) is 2.58. The van der Waals surface area contributed by atoms with Crippen LogP contribution in [0.5, 0.6) is 0 Å². The van der Waals surface area contributed by atoms with Gasteiger partial charge in [-0.2, -0.15) is 10.4 Å². The van der Waals surface area contributed by atoms with Crippen LogP contribution in [-0.2, 0) is 16.6 Å². The van der Waals surface area contributed by atoms with E-state index in [-0.39, 0.29) is 16.1 Å². The molecule has 0 bridgehead atoms. The zero-order valence-electron chi connectivity index (χ0n) is 10.5. The third-order valence-corrected chi connectivity index (χ3v) is 3.91. The molecule has 0 spiro atoms. The molecule has 2 aromatic rings. The second-order valence-corrected chi connectivity index (χ2v) is 5.62. The maximum absolute atomic E-state index is 13.0. The van der Waals surface area contributed by atoms with Crippen LogP contribution in [0.3, 0.4) is 0 Å². The summed E-state index contributed by atoms with van der Waals surface area (Å²) >= 11 is 0. The lowest BCUT2D eigenvalue weighted by atomic mass is 10.2. The molecule has 0 fully saturated rings. The number of hydrogen-bond acceptors (Lipinski definition) is 4. The lowest BCUT2D eigenvalue weighted by Crippen LogP contribution is -2.13. The molecule has 1 N–H and O–H groups in total. The number of aromatic nitrogens is 2. The molecule has 0 saturated heterocycles. The van der Waals surface area contributed by atoms with Gasteiger partial charge in [0.1, 0.15) is 16.8 Å². The van der Waals surface area contributed by atoms with Gasteiger partial charge < -0.3 is 0 Å². The number of benzene rings is 1. The molecule has 0 amide bonds. The largest absolute Gasteiger partial charge is 0.278 e. The second-order valence-electron chi connectivity index (χ2n) is 3.94. The Balaban J connectivity index is 2.36. The summed E-state index contributed by atoms with van der Waals surface area (Å²) in [4.78, 5) is -0.0208. The SMILES string of the molecule is CCn1cc(S(=O)(=O)Nc2ccc(F)cc2C#N)cn1. The predicted octanol–water partition coefficient (Wildman–Crippen LogP) is 1.71. The zero-order chi connectivity index (χ0) is 14.8. The number of nitrogens with zero attached hydrogens (tertiary/aromatic N) is 3. The van der Waals surface area contributed by atoms with E-state index in [2.05, 4.69) is 9.82 Å². The molecule has 0 radical (unpaired) electrons. The van der Waals surface area contributed by atoms with Crippen LogP contribution in [0, 0.1) is 17.1 Å². The van der Waals surface area contributed by atoms with Crippen molar-refractivity contribution in [1.82, 2.24) is 9.78 Å². The number of hydrogen-bond donors (Lipinski definition) is 1. The van der Waals surface area contributed by atoms with E-state index in [4.69, 9.17) is 5.26 Å². The maximum Gasteiger partial charge on any atom is 0.265 e. The summed E-state index contributed by atoms with van der Waals surface area (Å²) < 4.78 is 40.9. The minimum atomic E-state index is -3.85. The molecule has 1 aromatic heterocycles. The summed E-state index contributed by atoms with van der Waals surface area (Å²) in [5.74, 6) is -0.608. The Kier molecular flexibility index (Phi) is 3.72. The van der Waals surface area contributed by atoms with E-state index >= 15 is 0 Å². The van der Waals surface area contributed by atoms with E-state index < -0.39 is 15.8 Å². The first kappa shape index (κ1) is 14.0. The average Bonchev–Trinajstić information content (AvgIpc) is 2.90. The van der Waals surface area contributed by atoms with E-state index in [1.807, 2.05) is 6.92 Å². The number of rotatable bonds is 4. The highest BCUT2D eigenvalue weighted by Crippen LogP contribution is 2.20. The van der Waals surface area contributed by atoms with Crippen LogP contribution in [0.15, 0.2) is 35.5 Å². The van der Waals surface area contributed by atoms with Crippen LogP contribution < -0.4 is 4.72 Å². The monoisotopic (exact) mass is 294 g/mol. The molecule has 104 valence electrons. The Morgan fingerprint density at radius 2 is 2.25 bits per heavy atom. The number of nitriles is 1. The maximum atomic E-state index is 13.0. The van der Waals surface area contributed by atoms with Crippen molar-refractivity contribution in [3.63, 3.8) is 0 Å². The predicted molar refractivity (Wildman–Crippen MR) is 69.8 cm³/mol. The van der Waals surface area contributed by atoms with Gasteiger partial charge in [-0.05, 0) is 25.1 Å². The first-order chi connectivity index (χ1) is 9.46. The summed E-state index contributed by atoms with van der Waals surface area (Å²) in [5.41, 5.74) is -0.0605. The molecule has 8 heteroatoms. The highest BCUT2D eigenvalue weighted by atomic mass is 32.2. The third kappa shape index (κ3) is 2.78. The minimum Gasteiger partial charge on any atom is -0.278 e. The lowest BCUT2D eigenvalue weighted by Gasteiger charge is -2.07. The van der Waals surface area contributed by atoms with Gasteiger partial charge in [-0.25, -0.2) is 12.8 Å². The van der Waals surface area contributed by atoms with Crippen LogP contribution in [0.4, 0.5) is 10.1 Å². The quantitative estimate of drug-likeness (QED) is 0.930. The van der Waals surface area contributed by atoms with Crippen molar-refractivity contribution < 1.29 is 12.8 Å². The van der Waals surface area contributed by atoms with E-state index in [1.165, 1.54) is 23.1 Å². The fourth-order valence-corrected chi connectivity index (χ4v) is 2.59. The van der Waals surface area contributed by atoms with Crippen molar-refractivity contribution in [2.24, 2.45) is 0 Å². The van der Waals surface area contributed by atoms with Crippen LogP contribution in [-0.4, -0.2) is 18.2 Å². The van der Waals surface area contributed by atoms with Crippen LogP contribution >= 0.6 is 0 Å². The Morgan fingerprint density at radius 1 is 1.50 bits per heavy atom. The van der Waals surface area contributed by atoms with Gasteiger partial charge in [0.05, 0.1) is 17.4 Å². The van der Waals surface area contributed by atoms with Crippen LogP contribution in [0.25, 0.3) is 0 Å². The van der Waals surface area contributed by atoms with Gasteiger partial charge >= 0.3 is 0 Å². The number of halogens is 1. The van der Waals surface area contributed by atoms with Gasteiger partial charge in [-0.1, -0.05) is 0 Å². The molecule has 0 saturated carbocycles. The topological polar surface area (TPSA) is 87.8 Å². The van der Waals surface area contributed by atoms with Gasteiger partial charge in [0.15, 0.2) is 0 Å². The standard InChI is InChI=1S/C12H11FN4O2S/c1-2-17-8-11(7-15-17)20(18,19)16-12-4-3-10(13)5-9(12)6-14/h3-5,7-8,16H,2H2,1H3. The fraction of sp³-hybridized carbons (Fsp3) is 0.167. The molecule has 20 heavy (non-hydrogen) atoms. The summed E-state index contributed by atoms with van der Waals surface area (Å²) in [6.45, 7) is 2.36. The van der Waals surface area contributed by atoms with Crippen molar-refractivity contribution in [2.75, 3.05) is 4.72 Å². The highest BCUT2D eigenvalue weighted by molar-refractivity contribution is 7.92. The molecule has 0 aliphatic rings. The number of nitrogens with one attached hydrogen (secondary N) is 1. The molecular weight excluding hydrogens is 283 g/mol. The summed E-state index contributed by atoms with van der Waals surface area (Å²) in [6, 6.07) is 4.99. The average molecular weight is 294 g/mol. The first-order valence-corrected chi connectivity index (χ1v) is 7.19. The summed E-state index contributed by atoms with van der Waals surface area (Å²) in [7, 11) is -3.85. The first-order valence-electron chi connectivity index (χ1n) is 5.71. The van der Waals surface area contributed by atoms with Crippen molar-refractivity contribution in [1.29, 1.82) is 5.26 Å². The van der Waals surface area contributed by atoms with Crippen molar-refractivity contribution in [2.45, 2.75) is 18.4 Å². The number of anilines is 1. The highest BCUT2D eigenvalue weighted by Gasteiger charge is 2.18. The molecule has 6 nitrogen and oxygen atoms in total. The van der Waals surface area contributed by atoms with Gasteiger partial charge in [0.2, 0.25) is 0 Å². The molecular formula is C12H11FN4O2S. The second kappa shape index (κ2) is 5.30. The van der Waals surface area contributed by atoms with Gasteiger partial charge in [0, 0.05) is 12.7 Å². The molecule has 1 aromatic carbocycles. The van der Waals surface area contributed by atoms with Crippen LogP contribution in [0.1, 0.15) is 12.5 Å². The van der Waals surface area contributed by atoms with Crippen LogP contribution in [0.2, 0.25) is 0 Å². The fourth-order valence-electron chi connectivity index (χ4n) is 1.56. The lowest BCUT2D eigenvalue weighted by molar-refractivity contribution is 0.600. The Hall–Kier alpha value is -2.40. The van der Waals surface area contributed by atoms with Gasteiger partial charge in [0.25, 0.3) is 10.0 Å². The molecule has 0 unspecified atom stereocenters. The van der Waals surface area contributed by atoms with Gasteiger partial charge in [-0.3, -0.25) is 9.40 Å². The molecule has 1 heterocycles. The van der Waals surface area contributed by atoms with E-state index in [0.29, 0.717) is 6.54 Å². The number of aryl methyl sites for hydroxylation is 1. The number of sulfonamides is 1. The molecule has 2 rings (SSSR count). The molecule has 0 aliphatic carbocycles. The smallest absolute Gasteiger partial charge is 0.265 e. The minimum absolute atomic E-state index is 0.0208. The van der Waals surface area contributed by atoms with Crippen molar-refractivity contribution >= 4 is 15.7 Å². The summed E-state index contributed by atoms with van der Waals surface area (Å²) in [5, 5.41) is 12.8. The van der Waals surface area contributed by atoms with Crippen molar-refractivity contribution in [3.05, 3.63) is 42.0 Å². The molecule has 0 atom stereocenters. The van der Waals surface area contributed by atoms with E-state index in [0.717, 1.165) is 12.1 Å². The molecule has 0 aliphatic heterocycles. The van der Waals surface area contributed by atoms with Crippen molar-refractivity contribution in [3.8, 4) is 6.07 Å². The van der Waals surface area contributed by atoms with Gasteiger partial charge in [-0.15, -0.1) is 0 Å². The van der Waals surface area contributed by atoms with E-state index in [1.54, 1.807) is 6.07 Å². The Bertz CT molecular complexity index is 777.